The van der Waals surface area contributed by atoms with Gasteiger partial charge in [-0.15, -0.1) is 11.6 Å². The summed E-state index contributed by atoms with van der Waals surface area (Å²) in [6.45, 7) is 0.637. The topological polar surface area (TPSA) is 51.7 Å². The molecule has 1 unspecified atom stereocenters. The summed E-state index contributed by atoms with van der Waals surface area (Å²) < 4.78 is 23.9. The van der Waals surface area contributed by atoms with Gasteiger partial charge >= 0.3 is 0 Å². The molecule has 0 bridgehead atoms. The summed E-state index contributed by atoms with van der Waals surface area (Å²) in [5.74, 6) is -0.244. The SMILES string of the molecule is COCC1COc2ncc(Cc3ccc(F)cc3)cc2N1C(=O)CCl. The lowest BCUT2D eigenvalue weighted by Crippen LogP contribution is -2.50. The number of rotatable bonds is 5. The lowest BCUT2D eigenvalue weighted by atomic mass is 10.1. The van der Waals surface area contributed by atoms with Crippen LogP contribution in [0.25, 0.3) is 0 Å². The second kappa shape index (κ2) is 7.80. The molecule has 2 heterocycles. The Hall–Kier alpha value is -2.18. The van der Waals surface area contributed by atoms with Crippen LogP contribution in [0.2, 0.25) is 0 Å². The fourth-order valence-electron chi connectivity index (χ4n) is 2.86. The Labute approximate surface area is 150 Å². The fourth-order valence-corrected chi connectivity index (χ4v) is 2.99. The van der Waals surface area contributed by atoms with Crippen molar-refractivity contribution in [2.75, 3.05) is 31.1 Å². The monoisotopic (exact) mass is 364 g/mol. The number of alkyl halides is 1. The van der Waals surface area contributed by atoms with Crippen molar-refractivity contribution >= 4 is 23.2 Å². The van der Waals surface area contributed by atoms with Crippen molar-refractivity contribution < 1.29 is 18.7 Å². The second-order valence-electron chi connectivity index (χ2n) is 5.79. The lowest BCUT2D eigenvalue weighted by Gasteiger charge is -2.35. The molecule has 7 heteroatoms. The van der Waals surface area contributed by atoms with Crippen molar-refractivity contribution in [1.82, 2.24) is 4.98 Å². The van der Waals surface area contributed by atoms with Gasteiger partial charge < -0.3 is 9.47 Å². The van der Waals surface area contributed by atoms with Crippen molar-refractivity contribution in [3.05, 3.63) is 53.5 Å². The number of pyridine rings is 1. The molecule has 0 saturated heterocycles. The summed E-state index contributed by atoms with van der Waals surface area (Å²) in [5.41, 5.74) is 2.42. The molecule has 3 rings (SSSR count). The molecule has 0 radical (unpaired) electrons. The third kappa shape index (κ3) is 3.91. The highest BCUT2D eigenvalue weighted by atomic mass is 35.5. The highest BCUT2D eigenvalue weighted by molar-refractivity contribution is 6.29. The molecule has 0 aliphatic carbocycles. The van der Waals surface area contributed by atoms with Crippen LogP contribution in [0.1, 0.15) is 11.1 Å². The molecule has 0 spiro atoms. The van der Waals surface area contributed by atoms with Crippen LogP contribution in [0.5, 0.6) is 5.88 Å². The van der Waals surface area contributed by atoms with Gasteiger partial charge in [-0.1, -0.05) is 12.1 Å². The van der Waals surface area contributed by atoms with Gasteiger partial charge in [0.15, 0.2) is 0 Å². The summed E-state index contributed by atoms with van der Waals surface area (Å²) in [6.07, 6.45) is 2.26. The maximum Gasteiger partial charge on any atom is 0.242 e. The van der Waals surface area contributed by atoms with Crippen molar-refractivity contribution in [3.63, 3.8) is 0 Å². The predicted octanol–water partition coefficient (Wildman–Crippen LogP) is 2.79. The number of nitrogens with zero attached hydrogens (tertiary/aromatic N) is 2. The summed E-state index contributed by atoms with van der Waals surface area (Å²) in [5, 5.41) is 0. The molecule has 1 aliphatic heterocycles. The van der Waals surface area contributed by atoms with E-state index < -0.39 is 0 Å². The number of hydrogen-bond donors (Lipinski definition) is 0. The van der Waals surface area contributed by atoms with Crippen LogP contribution in [0.15, 0.2) is 36.5 Å². The van der Waals surface area contributed by atoms with E-state index in [1.54, 1.807) is 30.3 Å². The van der Waals surface area contributed by atoms with E-state index in [1.807, 2.05) is 6.07 Å². The Bertz CT molecular complexity index is 754. The first-order valence-electron chi connectivity index (χ1n) is 7.85. The predicted molar refractivity (Wildman–Crippen MR) is 92.8 cm³/mol. The molecule has 132 valence electrons. The first-order valence-corrected chi connectivity index (χ1v) is 8.39. The van der Waals surface area contributed by atoms with Crippen molar-refractivity contribution in [3.8, 4) is 5.88 Å². The molecule has 0 N–H and O–H groups in total. The molecule has 1 amide bonds. The molecular formula is C18H18ClFN2O3. The molecule has 1 aromatic heterocycles. The smallest absolute Gasteiger partial charge is 0.242 e. The Morgan fingerprint density at radius 1 is 1.40 bits per heavy atom. The zero-order valence-electron chi connectivity index (χ0n) is 13.7. The number of aromatic nitrogens is 1. The Balaban J connectivity index is 1.91. The number of amides is 1. The Kier molecular flexibility index (Phi) is 5.50. The van der Waals surface area contributed by atoms with Crippen molar-refractivity contribution in [2.45, 2.75) is 12.5 Å². The minimum Gasteiger partial charge on any atom is -0.474 e. The van der Waals surface area contributed by atoms with Gasteiger partial charge in [-0.05, 0) is 35.7 Å². The van der Waals surface area contributed by atoms with Crippen LogP contribution < -0.4 is 9.64 Å². The zero-order valence-corrected chi connectivity index (χ0v) is 14.5. The van der Waals surface area contributed by atoms with Crippen LogP contribution in [0, 0.1) is 5.82 Å². The van der Waals surface area contributed by atoms with Gasteiger partial charge in [0.1, 0.15) is 24.0 Å². The molecule has 1 aliphatic rings. The maximum atomic E-state index is 13.0. The number of fused-ring (bicyclic) bond motifs is 1. The van der Waals surface area contributed by atoms with E-state index in [0.717, 1.165) is 11.1 Å². The summed E-state index contributed by atoms with van der Waals surface area (Å²) in [4.78, 5) is 18.2. The van der Waals surface area contributed by atoms with Crippen LogP contribution in [-0.2, 0) is 16.0 Å². The minimum absolute atomic E-state index is 0.137. The molecule has 2 aromatic rings. The normalized spacial score (nSPS) is 16.3. The molecule has 0 fully saturated rings. The quantitative estimate of drug-likeness (QED) is 0.765. The number of hydrogen-bond acceptors (Lipinski definition) is 4. The van der Waals surface area contributed by atoms with Crippen LogP contribution >= 0.6 is 11.6 Å². The molecule has 0 saturated carbocycles. The third-order valence-corrected chi connectivity index (χ3v) is 4.22. The number of benzene rings is 1. The molecular weight excluding hydrogens is 347 g/mol. The Morgan fingerprint density at radius 3 is 2.84 bits per heavy atom. The van der Waals surface area contributed by atoms with E-state index in [0.29, 0.717) is 31.2 Å². The highest BCUT2D eigenvalue weighted by Gasteiger charge is 2.33. The number of carbonyl (C=O) groups excluding carboxylic acids is 1. The van der Waals surface area contributed by atoms with Gasteiger partial charge in [0.25, 0.3) is 0 Å². The van der Waals surface area contributed by atoms with Gasteiger partial charge in [0.2, 0.25) is 11.8 Å². The maximum absolute atomic E-state index is 13.0. The second-order valence-corrected chi connectivity index (χ2v) is 6.06. The third-order valence-electron chi connectivity index (χ3n) is 3.99. The lowest BCUT2D eigenvalue weighted by molar-refractivity contribution is -0.117. The van der Waals surface area contributed by atoms with E-state index in [9.17, 15) is 9.18 Å². The van der Waals surface area contributed by atoms with Gasteiger partial charge in [0, 0.05) is 13.3 Å². The van der Waals surface area contributed by atoms with E-state index in [-0.39, 0.29) is 23.6 Å². The van der Waals surface area contributed by atoms with Crippen molar-refractivity contribution in [1.29, 1.82) is 0 Å². The van der Waals surface area contributed by atoms with Crippen molar-refractivity contribution in [2.24, 2.45) is 0 Å². The first-order chi connectivity index (χ1) is 12.1. The summed E-state index contributed by atoms with van der Waals surface area (Å²) in [6, 6.07) is 7.88. The van der Waals surface area contributed by atoms with Gasteiger partial charge in [-0.2, -0.15) is 0 Å². The highest BCUT2D eigenvalue weighted by Crippen LogP contribution is 2.33. The number of ether oxygens (including phenoxy) is 2. The van der Waals surface area contributed by atoms with Gasteiger partial charge in [-0.3, -0.25) is 9.69 Å². The fraction of sp³-hybridized carbons (Fsp3) is 0.333. The number of carbonyl (C=O) groups is 1. The molecule has 1 atom stereocenters. The minimum atomic E-state index is -0.276. The van der Waals surface area contributed by atoms with Crippen LogP contribution in [0.3, 0.4) is 0 Å². The van der Waals surface area contributed by atoms with E-state index in [2.05, 4.69) is 4.98 Å². The molecule has 25 heavy (non-hydrogen) atoms. The van der Waals surface area contributed by atoms with Gasteiger partial charge in [0.05, 0.1) is 12.6 Å². The number of methoxy groups -OCH3 is 1. The van der Waals surface area contributed by atoms with E-state index >= 15 is 0 Å². The standard InChI is InChI=1S/C18H18ClFN2O3/c1-24-10-15-11-25-18-16(22(15)17(23)8-19)7-13(9-21-18)6-12-2-4-14(20)5-3-12/h2-5,7,9,15H,6,8,10-11H2,1H3. The first kappa shape index (κ1) is 17.6. The van der Waals surface area contributed by atoms with E-state index in [1.165, 1.54) is 12.1 Å². The summed E-state index contributed by atoms with van der Waals surface area (Å²) in [7, 11) is 1.57. The average molecular weight is 365 g/mol. The molecule has 1 aromatic carbocycles. The van der Waals surface area contributed by atoms with E-state index in [4.69, 9.17) is 21.1 Å². The Morgan fingerprint density at radius 2 is 2.16 bits per heavy atom. The number of anilines is 1. The number of halogens is 2. The average Bonchev–Trinajstić information content (AvgIpc) is 2.63. The molecule has 5 nitrogen and oxygen atoms in total. The summed E-state index contributed by atoms with van der Waals surface area (Å²) >= 11 is 5.77. The largest absolute Gasteiger partial charge is 0.474 e. The van der Waals surface area contributed by atoms with Crippen LogP contribution in [-0.4, -0.2) is 43.1 Å². The zero-order chi connectivity index (χ0) is 17.8. The van der Waals surface area contributed by atoms with Gasteiger partial charge in [-0.25, -0.2) is 9.37 Å². The van der Waals surface area contributed by atoms with Crippen LogP contribution in [0.4, 0.5) is 10.1 Å².